The highest BCUT2D eigenvalue weighted by Gasteiger charge is 2.32. The molecule has 0 aromatic heterocycles. The van der Waals surface area contributed by atoms with Crippen LogP contribution in [-0.4, -0.2) is 16.7 Å². The molecule has 0 bridgehead atoms. The molecule has 1 N–H and O–H groups in total. The average molecular weight is 357 g/mol. The van der Waals surface area contributed by atoms with E-state index < -0.39 is 11.6 Å². The van der Waals surface area contributed by atoms with Gasteiger partial charge in [-0.2, -0.15) is 0 Å². The Morgan fingerprint density at radius 2 is 1.62 bits per heavy atom. The number of ketones is 2. The lowest BCUT2D eigenvalue weighted by atomic mass is 9.80. The fraction of sp³-hybridized carbons (Fsp3) is 0.565. The number of hydrogen-bond donors (Lipinski definition) is 1. The lowest BCUT2D eigenvalue weighted by Gasteiger charge is -2.24. The summed E-state index contributed by atoms with van der Waals surface area (Å²) in [7, 11) is 0. The molecular weight excluding hydrogens is 324 g/mol. The summed E-state index contributed by atoms with van der Waals surface area (Å²) in [5, 5.41) is 10.5. The van der Waals surface area contributed by atoms with Crippen LogP contribution in [0.25, 0.3) is 5.76 Å². The van der Waals surface area contributed by atoms with Crippen molar-refractivity contribution in [3.05, 3.63) is 41.0 Å². The molecule has 2 rings (SSSR count). The molecule has 1 aromatic rings. The Bertz CT molecular complexity index is 672. The second-order valence-electron chi connectivity index (χ2n) is 7.56. The van der Waals surface area contributed by atoms with Crippen molar-refractivity contribution in [2.75, 3.05) is 0 Å². The minimum Gasteiger partial charge on any atom is -0.507 e. The van der Waals surface area contributed by atoms with Crippen LogP contribution >= 0.6 is 0 Å². The third-order valence-electron chi connectivity index (χ3n) is 5.80. The Morgan fingerprint density at radius 1 is 0.923 bits per heavy atom. The molecule has 2 unspecified atom stereocenters. The number of hydrogen-bond acceptors (Lipinski definition) is 3. The molecule has 2 atom stereocenters. The lowest BCUT2D eigenvalue weighted by molar-refractivity contribution is -0.112. The topological polar surface area (TPSA) is 54.4 Å². The van der Waals surface area contributed by atoms with Crippen LogP contribution in [0.15, 0.2) is 29.8 Å². The van der Waals surface area contributed by atoms with Gasteiger partial charge < -0.3 is 5.11 Å². The van der Waals surface area contributed by atoms with Crippen molar-refractivity contribution in [3.63, 3.8) is 0 Å². The first kappa shape index (κ1) is 20.4. The highest BCUT2D eigenvalue weighted by molar-refractivity contribution is 6.52. The first-order valence-corrected chi connectivity index (χ1v) is 10.1. The number of rotatable bonds is 10. The third-order valence-corrected chi connectivity index (χ3v) is 5.80. The van der Waals surface area contributed by atoms with Gasteiger partial charge in [0.25, 0.3) is 0 Å². The van der Waals surface area contributed by atoms with Crippen molar-refractivity contribution in [1.29, 1.82) is 0 Å². The zero-order valence-corrected chi connectivity index (χ0v) is 16.4. The Kier molecular flexibility index (Phi) is 7.62. The molecule has 0 radical (unpaired) electrons. The molecule has 26 heavy (non-hydrogen) atoms. The van der Waals surface area contributed by atoms with E-state index in [0.29, 0.717) is 35.0 Å². The predicted octanol–water partition coefficient (Wildman–Crippen LogP) is 6.13. The van der Waals surface area contributed by atoms with Crippen molar-refractivity contribution in [2.45, 2.75) is 72.1 Å². The predicted molar refractivity (Wildman–Crippen MR) is 106 cm³/mol. The van der Waals surface area contributed by atoms with E-state index in [9.17, 15) is 14.7 Å². The van der Waals surface area contributed by atoms with Crippen LogP contribution in [0.5, 0.6) is 0 Å². The minimum atomic E-state index is -0.536. The molecule has 3 nitrogen and oxygen atoms in total. The van der Waals surface area contributed by atoms with Crippen LogP contribution in [0.2, 0.25) is 0 Å². The highest BCUT2D eigenvalue weighted by Crippen LogP contribution is 2.33. The second-order valence-corrected chi connectivity index (χ2v) is 7.56. The van der Waals surface area contributed by atoms with Crippen LogP contribution in [0.1, 0.15) is 88.1 Å². The summed E-state index contributed by atoms with van der Waals surface area (Å²) >= 11 is 0. The standard InChI is InChI=1S/C23H32O3/c1-4-6-7-8-11-16(3)17(5-2)14-15-20-21(24)18-12-9-10-13-19(18)22(25)23(20)26/h9-10,12-13,16-17,24H,4-8,11,14-15H2,1-3H3. The van der Waals surface area contributed by atoms with Gasteiger partial charge in [0, 0.05) is 16.7 Å². The fourth-order valence-corrected chi connectivity index (χ4v) is 4.00. The number of carbonyl (C=O) groups is 2. The largest absolute Gasteiger partial charge is 0.507 e. The number of fused-ring (bicyclic) bond motifs is 1. The quantitative estimate of drug-likeness (QED) is 0.405. The van der Waals surface area contributed by atoms with Crippen LogP contribution in [0.4, 0.5) is 0 Å². The number of aliphatic hydroxyl groups excluding tert-OH is 1. The summed E-state index contributed by atoms with van der Waals surface area (Å²) in [6.07, 6.45) is 8.66. The van der Waals surface area contributed by atoms with Gasteiger partial charge in [-0.15, -0.1) is 0 Å². The van der Waals surface area contributed by atoms with E-state index in [0.717, 1.165) is 12.8 Å². The number of allylic oxidation sites excluding steroid dienone is 1. The van der Waals surface area contributed by atoms with Gasteiger partial charge >= 0.3 is 0 Å². The molecule has 0 fully saturated rings. The molecule has 0 saturated heterocycles. The zero-order chi connectivity index (χ0) is 19.1. The molecule has 0 saturated carbocycles. The third kappa shape index (κ3) is 4.63. The smallest absolute Gasteiger partial charge is 0.234 e. The van der Waals surface area contributed by atoms with Crippen molar-refractivity contribution >= 4 is 17.3 Å². The van der Waals surface area contributed by atoms with E-state index in [2.05, 4.69) is 20.8 Å². The van der Waals surface area contributed by atoms with Crippen LogP contribution in [0, 0.1) is 11.8 Å². The summed E-state index contributed by atoms with van der Waals surface area (Å²) in [6, 6.07) is 6.82. The molecule has 1 aliphatic rings. The van der Waals surface area contributed by atoms with Crippen molar-refractivity contribution in [2.24, 2.45) is 11.8 Å². The summed E-state index contributed by atoms with van der Waals surface area (Å²) < 4.78 is 0. The van der Waals surface area contributed by atoms with Crippen molar-refractivity contribution in [1.82, 2.24) is 0 Å². The van der Waals surface area contributed by atoms with Crippen molar-refractivity contribution in [3.8, 4) is 0 Å². The van der Waals surface area contributed by atoms with Gasteiger partial charge in [-0.3, -0.25) is 9.59 Å². The van der Waals surface area contributed by atoms with Gasteiger partial charge in [0.2, 0.25) is 11.6 Å². The molecule has 0 heterocycles. The molecule has 3 heteroatoms. The monoisotopic (exact) mass is 356 g/mol. The maximum atomic E-state index is 12.4. The number of unbranched alkanes of at least 4 members (excludes halogenated alkanes) is 3. The number of carbonyl (C=O) groups excluding carboxylic acids is 2. The van der Waals surface area contributed by atoms with Gasteiger partial charge in [-0.05, 0) is 24.7 Å². The molecule has 0 aliphatic heterocycles. The summed E-state index contributed by atoms with van der Waals surface area (Å²) in [5.74, 6) is 0.0784. The van der Waals surface area contributed by atoms with E-state index in [1.54, 1.807) is 24.3 Å². The first-order valence-electron chi connectivity index (χ1n) is 10.1. The molecule has 142 valence electrons. The normalized spacial score (nSPS) is 16.6. The summed E-state index contributed by atoms with van der Waals surface area (Å²) in [5.41, 5.74) is 1.10. The van der Waals surface area contributed by atoms with Gasteiger partial charge in [-0.25, -0.2) is 0 Å². The maximum Gasteiger partial charge on any atom is 0.234 e. The minimum absolute atomic E-state index is 0.00403. The van der Waals surface area contributed by atoms with E-state index in [4.69, 9.17) is 0 Å². The Balaban J connectivity index is 2.04. The van der Waals surface area contributed by atoms with Crippen molar-refractivity contribution < 1.29 is 14.7 Å². The number of aliphatic hydroxyl groups is 1. The lowest BCUT2D eigenvalue weighted by Crippen LogP contribution is -2.24. The first-order chi connectivity index (χ1) is 12.5. The van der Waals surface area contributed by atoms with Gasteiger partial charge in [0.1, 0.15) is 5.76 Å². The van der Waals surface area contributed by atoms with Gasteiger partial charge in [0.15, 0.2) is 0 Å². The molecule has 1 aromatic carbocycles. The molecule has 1 aliphatic carbocycles. The molecule has 0 spiro atoms. The summed E-state index contributed by atoms with van der Waals surface area (Å²) in [4.78, 5) is 24.8. The average Bonchev–Trinajstić information content (AvgIpc) is 2.66. The molecule has 0 amide bonds. The number of benzene rings is 1. The molecular formula is C23H32O3. The fourth-order valence-electron chi connectivity index (χ4n) is 4.00. The zero-order valence-electron chi connectivity index (χ0n) is 16.4. The van der Waals surface area contributed by atoms with Crippen LogP contribution < -0.4 is 0 Å². The maximum absolute atomic E-state index is 12.4. The second kappa shape index (κ2) is 9.70. The Hall–Kier alpha value is -1.90. The Labute approximate surface area is 157 Å². The highest BCUT2D eigenvalue weighted by atomic mass is 16.3. The van der Waals surface area contributed by atoms with Crippen LogP contribution in [0.3, 0.4) is 0 Å². The van der Waals surface area contributed by atoms with Gasteiger partial charge in [0.05, 0.1) is 0 Å². The van der Waals surface area contributed by atoms with E-state index in [1.807, 2.05) is 0 Å². The SMILES string of the molecule is CCCCCCC(C)C(CC)CCC1=C(O)c2ccccc2C(=O)C1=O. The van der Waals surface area contributed by atoms with E-state index >= 15 is 0 Å². The number of Topliss-reactive ketones (excluding diaryl/α,β-unsaturated/α-hetero) is 2. The Morgan fingerprint density at radius 3 is 2.27 bits per heavy atom. The summed E-state index contributed by atoms with van der Waals surface area (Å²) in [6.45, 7) is 6.70. The van der Waals surface area contributed by atoms with Crippen LogP contribution in [-0.2, 0) is 4.79 Å². The van der Waals surface area contributed by atoms with Gasteiger partial charge in [-0.1, -0.05) is 83.6 Å². The van der Waals surface area contributed by atoms with E-state index in [1.165, 1.54) is 32.1 Å². The van der Waals surface area contributed by atoms with E-state index in [-0.39, 0.29) is 5.76 Å².